The average molecular weight is 577 g/mol. The molecule has 0 aliphatic carbocycles. The van der Waals surface area contributed by atoms with Gasteiger partial charge < -0.3 is 26.4 Å². The summed E-state index contributed by atoms with van der Waals surface area (Å²) in [6.45, 7) is 5.90. The van der Waals surface area contributed by atoms with E-state index in [0.717, 1.165) is 11.1 Å². The molecule has 0 heterocycles. The van der Waals surface area contributed by atoms with Gasteiger partial charge in [-0.2, -0.15) is 0 Å². The van der Waals surface area contributed by atoms with Gasteiger partial charge in [-0.05, 0) is 52.3 Å². The molecule has 3 aromatic rings. The number of carbonyl (C=O) groups excluding carboxylic acids is 3. The highest BCUT2D eigenvalue weighted by atomic mass is 19.1. The first-order chi connectivity index (χ1) is 19.7. The number of benzene rings is 3. The number of nitrogens with two attached hydrogens (primary N) is 2. The Morgan fingerprint density at radius 3 is 1.88 bits per heavy atom. The van der Waals surface area contributed by atoms with E-state index in [-0.39, 0.29) is 30.4 Å². The smallest absolute Gasteiger partial charge is 0.246 e. The first-order valence-electron chi connectivity index (χ1n) is 13.9. The average Bonchev–Trinajstić information content (AvgIpc) is 2.94. The number of hydrogen-bond acceptors (Lipinski definition) is 5. The number of hydrogen-bond donors (Lipinski definition) is 3. The molecular formula is C33H41FN4O4. The van der Waals surface area contributed by atoms with Crippen LogP contribution in [0.5, 0.6) is 5.75 Å². The van der Waals surface area contributed by atoms with Crippen molar-refractivity contribution in [3.63, 3.8) is 0 Å². The molecule has 224 valence electrons. The second-order valence-corrected chi connectivity index (χ2v) is 11.8. The van der Waals surface area contributed by atoms with E-state index >= 15 is 0 Å². The lowest BCUT2D eigenvalue weighted by Gasteiger charge is -2.35. The minimum absolute atomic E-state index is 0.126. The molecule has 8 nitrogen and oxygen atoms in total. The Morgan fingerprint density at radius 1 is 0.786 bits per heavy atom. The number of amides is 3. The number of aromatic hydroxyl groups is 1. The molecule has 0 bridgehead atoms. The first-order valence-corrected chi connectivity index (χ1v) is 13.9. The van der Waals surface area contributed by atoms with Gasteiger partial charge in [0.1, 0.15) is 23.7 Å². The van der Waals surface area contributed by atoms with E-state index in [1.165, 1.54) is 36.0 Å². The number of likely N-dealkylation sites (N-methyl/N-ethyl adjacent to an activating group) is 2. The van der Waals surface area contributed by atoms with Crippen LogP contribution in [0.25, 0.3) is 0 Å². The van der Waals surface area contributed by atoms with Crippen molar-refractivity contribution < 1.29 is 23.9 Å². The highest BCUT2D eigenvalue weighted by Crippen LogP contribution is 2.31. The zero-order chi connectivity index (χ0) is 31.2. The van der Waals surface area contributed by atoms with Crippen molar-refractivity contribution in [2.45, 2.75) is 63.6 Å². The molecule has 0 saturated carbocycles. The van der Waals surface area contributed by atoms with E-state index < -0.39 is 41.7 Å². The Labute approximate surface area is 247 Å². The summed E-state index contributed by atoms with van der Waals surface area (Å²) in [6.07, 6.45) is 0.474. The predicted octanol–water partition coefficient (Wildman–Crippen LogP) is 3.32. The molecule has 3 atom stereocenters. The van der Waals surface area contributed by atoms with Crippen LogP contribution in [-0.4, -0.2) is 64.8 Å². The summed E-state index contributed by atoms with van der Waals surface area (Å²) < 4.78 is 13.3. The van der Waals surface area contributed by atoms with Gasteiger partial charge in [0.2, 0.25) is 17.7 Å². The van der Waals surface area contributed by atoms with Crippen LogP contribution in [0.2, 0.25) is 0 Å². The number of nitrogens with zero attached hydrogens (tertiary/aromatic N) is 2. The summed E-state index contributed by atoms with van der Waals surface area (Å²) in [5.41, 5.74) is 14.7. The van der Waals surface area contributed by atoms with Crippen LogP contribution in [0, 0.1) is 5.82 Å². The van der Waals surface area contributed by atoms with Crippen LogP contribution >= 0.6 is 0 Å². The normalized spacial score (nSPS) is 13.6. The molecule has 0 spiro atoms. The predicted molar refractivity (Wildman–Crippen MR) is 161 cm³/mol. The van der Waals surface area contributed by atoms with E-state index in [4.69, 9.17) is 11.5 Å². The Morgan fingerprint density at radius 2 is 1.31 bits per heavy atom. The van der Waals surface area contributed by atoms with E-state index in [1.54, 1.807) is 24.3 Å². The molecule has 0 aliphatic heterocycles. The van der Waals surface area contributed by atoms with Crippen LogP contribution in [-0.2, 0) is 39.1 Å². The summed E-state index contributed by atoms with van der Waals surface area (Å²) in [6, 6.07) is 17.1. The Hall–Kier alpha value is -4.24. The molecule has 5 N–H and O–H groups in total. The van der Waals surface area contributed by atoms with Gasteiger partial charge >= 0.3 is 0 Å². The van der Waals surface area contributed by atoms with Gasteiger partial charge in [-0.25, -0.2) is 4.39 Å². The number of carbonyl (C=O) groups is 3. The molecule has 3 rings (SSSR count). The monoisotopic (exact) mass is 576 g/mol. The van der Waals surface area contributed by atoms with Crippen molar-refractivity contribution in [1.29, 1.82) is 0 Å². The molecular weight excluding hydrogens is 535 g/mol. The minimum Gasteiger partial charge on any atom is -0.508 e. The van der Waals surface area contributed by atoms with E-state index in [2.05, 4.69) is 0 Å². The fourth-order valence-electron chi connectivity index (χ4n) is 4.96. The zero-order valence-electron chi connectivity index (χ0n) is 24.9. The molecule has 9 heteroatoms. The number of primary amides is 1. The summed E-state index contributed by atoms with van der Waals surface area (Å²) in [5, 5.41) is 10.4. The standard InChI is InChI=1S/C33H41FN4O4/c1-33(2,3)25-17-23(13-16-29(25)39)20-27(30(36)40)37(4)32(42)28(19-21-9-7-6-8-10-21)38(5)31(41)26(35)18-22-11-14-24(34)15-12-22/h6-17,26-28,39H,18-20,35H2,1-5H3,(H2,36,40)/t26-,27-,28+/m0/s1. The molecule has 0 aliphatic rings. The maximum Gasteiger partial charge on any atom is 0.246 e. The lowest BCUT2D eigenvalue weighted by atomic mass is 9.84. The van der Waals surface area contributed by atoms with Crippen molar-refractivity contribution in [3.8, 4) is 5.75 Å². The molecule has 0 fully saturated rings. The fourth-order valence-corrected chi connectivity index (χ4v) is 4.96. The van der Waals surface area contributed by atoms with Crippen LogP contribution in [0.15, 0.2) is 72.8 Å². The SMILES string of the molecule is CN(C(=O)[C@@H](N)Cc1ccc(F)cc1)[C@H](Cc1ccccc1)C(=O)N(C)[C@@H](Cc1ccc(O)c(C(C)(C)C)c1)C(N)=O. The first kappa shape index (κ1) is 32.3. The summed E-state index contributed by atoms with van der Waals surface area (Å²) in [7, 11) is 3.01. The Kier molecular flexibility index (Phi) is 10.5. The van der Waals surface area contributed by atoms with Gasteiger partial charge in [0.15, 0.2) is 0 Å². The van der Waals surface area contributed by atoms with E-state index in [1.807, 2.05) is 57.2 Å². The van der Waals surface area contributed by atoms with E-state index in [0.29, 0.717) is 11.1 Å². The number of halogens is 1. The molecule has 0 saturated heterocycles. The largest absolute Gasteiger partial charge is 0.508 e. The lowest BCUT2D eigenvalue weighted by molar-refractivity contribution is -0.147. The van der Waals surface area contributed by atoms with Crippen LogP contribution < -0.4 is 11.5 Å². The molecule has 0 aromatic heterocycles. The summed E-state index contributed by atoms with van der Waals surface area (Å²) >= 11 is 0. The minimum atomic E-state index is -1.01. The van der Waals surface area contributed by atoms with Gasteiger partial charge in [0.05, 0.1) is 6.04 Å². The van der Waals surface area contributed by atoms with Crippen molar-refractivity contribution in [2.75, 3.05) is 14.1 Å². The Bertz CT molecular complexity index is 1390. The summed E-state index contributed by atoms with van der Waals surface area (Å²) in [5.74, 6) is -1.88. The topological polar surface area (TPSA) is 130 Å². The van der Waals surface area contributed by atoms with Gasteiger partial charge in [0.25, 0.3) is 0 Å². The molecule has 0 radical (unpaired) electrons. The second kappa shape index (κ2) is 13.6. The quantitative estimate of drug-likeness (QED) is 0.323. The number of phenolic OH excluding ortho intramolecular Hbond substituents is 1. The highest BCUT2D eigenvalue weighted by molar-refractivity contribution is 5.93. The zero-order valence-corrected chi connectivity index (χ0v) is 24.9. The van der Waals surface area contributed by atoms with E-state index in [9.17, 15) is 23.9 Å². The fraction of sp³-hybridized carbons (Fsp3) is 0.364. The maximum atomic E-state index is 14.0. The van der Waals surface area contributed by atoms with Crippen molar-refractivity contribution >= 4 is 17.7 Å². The van der Waals surface area contributed by atoms with Crippen molar-refractivity contribution in [3.05, 3.63) is 101 Å². The maximum absolute atomic E-state index is 14.0. The highest BCUT2D eigenvalue weighted by Gasteiger charge is 2.36. The molecule has 3 aromatic carbocycles. The molecule has 3 amide bonds. The van der Waals surface area contributed by atoms with Crippen molar-refractivity contribution in [1.82, 2.24) is 9.80 Å². The molecule has 0 unspecified atom stereocenters. The van der Waals surface area contributed by atoms with Gasteiger partial charge in [-0.3, -0.25) is 14.4 Å². The van der Waals surface area contributed by atoms with Crippen LogP contribution in [0.4, 0.5) is 4.39 Å². The lowest BCUT2D eigenvalue weighted by Crippen LogP contribution is -2.57. The second-order valence-electron chi connectivity index (χ2n) is 11.8. The number of phenols is 1. The third-order valence-corrected chi connectivity index (χ3v) is 7.50. The van der Waals surface area contributed by atoms with Crippen LogP contribution in [0.1, 0.15) is 43.0 Å². The van der Waals surface area contributed by atoms with Gasteiger partial charge in [-0.1, -0.05) is 75.4 Å². The number of rotatable bonds is 11. The molecule has 42 heavy (non-hydrogen) atoms. The van der Waals surface area contributed by atoms with Gasteiger partial charge in [-0.15, -0.1) is 0 Å². The third-order valence-electron chi connectivity index (χ3n) is 7.50. The van der Waals surface area contributed by atoms with Crippen molar-refractivity contribution in [2.24, 2.45) is 11.5 Å². The van der Waals surface area contributed by atoms with Crippen LogP contribution in [0.3, 0.4) is 0 Å². The van der Waals surface area contributed by atoms with Gasteiger partial charge in [0, 0.05) is 26.9 Å². The third kappa shape index (κ3) is 8.16. The Balaban J connectivity index is 1.89. The summed E-state index contributed by atoms with van der Waals surface area (Å²) in [4.78, 5) is 42.8.